The molecule has 5 rings (SSSR count). The minimum absolute atomic E-state index is 0.108. The Morgan fingerprint density at radius 1 is 0.973 bits per heavy atom. The van der Waals surface area contributed by atoms with E-state index in [1.54, 1.807) is 53.5 Å². The molecule has 2 N–H and O–H groups in total. The fraction of sp³-hybridized carbons (Fsp3) is 0.107. The predicted molar refractivity (Wildman–Crippen MR) is 138 cm³/mol. The topological polar surface area (TPSA) is 106 Å². The molecule has 0 saturated heterocycles. The number of halogens is 1. The van der Waals surface area contributed by atoms with Gasteiger partial charge in [-0.1, -0.05) is 35.9 Å². The number of carbonyl (C=O) groups excluding carboxylic acids is 1. The Labute approximate surface area is 217 Å². The van der Waals surface area contributed by atoms with E-state index >= 15 is 0 Å². The van der Waals surface area contributed by atoms with Crippen molar-refractivity contribution in [1.29, 1.82) is 0 Å². The number of pyridine rings is 1. The number of hydrogen-bond donors (Lipinski definition) is 2. The van der Waals surface area contributed by atoms with E-state index in [1.807, 2.05) is 42.6 Å². The molecule has 0 aliphatic carbocycles. The molecule has 1 amide bonds. The average molecular weight is 516 g/mol. The highest BCUT2D eigenvalue weighted by Crippen LogP contribution is 2.22. The van der Waals surface area contributed by atoms with E-state index in [4.69, 9.17) is 20.8 Å². The Bertz CT molecular complexity index is 1530. The van der Waals surface area contributed by atoms with E-state index < -0.39 is 17.9 Å². The third-order valence-corrected chi connectivity index (χ3v) is 6.07. The van der Waals surface area contributed by atoms with Crippen molar-refractivity contribution in [3.8, 4) is 16.9 Å². The molecular weight excluding hydrogens is 494 g/mol. The lowest BCUT2D eigenvalue weighted by molar-refractivity contribution is -0.139. The SMILES string of the molecule is O=C(N[C@@H](Cc1ccc(OCc2ccoc2)cc1)C(=O)O)c1cn2cc(-c3ccc(Cl)cc3)ccc2n1. The van der Waals surface area contributed by atoms with Gasteiger partial charge in [0.2, 0.25) is 0 Å². The van der Waals surface area contributed by atoms with Gasteiger partial charge in [0.15, 0.2) is 0 Å². The van der Waals surface area contributed by atoms with E-state index in [-0.39, 0.29) is 12.1 Å². The smallest absolute Gasteiger partial charge is 0.326 e. The second-order valence-corrected chi connectivity index (χ2v) is 8.89. The van der Waals surface area contributed by atoms with Gasteiger partial charge in [-0.25, -0.2) is 9.78 Å². The van der Waals surface area contributed by atoms with Crippen LogP contribution in [-0.4, -0.2) is 32.4 Å². The summed E-state index contributed by atoms with van der Waals surface area (Å²) < 4.78 is 12.4. The number of carboxylic acid groups (broad SMARTS) is 1. The zero-order chi connectivity index (χ0) is 25.8. The third kappa shape index (κ3) is 5.82. The molecular formula is C28H22ClN3O5. The summed E-state index contributed by atoms with van der Waals surface area (Å²) in [5, 5.41) is 12.9. The number of fused-ring (bicyclic) bond motifs is 1. The fourth-order valence-electron chi connectivity index (χ4n) is 3.85. The molecule has 1 atom stereocenters. The van der Waals surface area contributed by atoms with E-state index in [0.717, 1.165) is 22.3 Å². The summed E-state index contributed by atoms with van der Waals surface area (Å²) in [4.78, 5) is 29.1. The Morgan fingerprint density at radius 2 is 1.73 bits per heavy atom. The number of nitrogens with zero attached hydrogens (tertiary/aromatic N) is 2. The zero-order valence-electron chi connectivity index (χ0n) is 19.5. The zero-order valence-corrected chi connectivity index (χ0v) is 20.3. The summed E-state index contributed by atoms with van der Waals surface area (Å²) in [6.45, 7) is 0.365. The van der Waals surface area contributed by atoms with Crippen LogP contribution in [0.15, 0.2) is 96.1 Å². The second-order valence-electron chi connectivity index (χ2n) is 8.45. The molecule has 37 heavy (non-hydrogen) atoms. The number of furan rings is 1. The standard InChI is InChI=1S/C28H22ClN3O5/c29-22-6-3-20(4-7-22)21-5-10-26-30-25(15-32(26)14-21)27(33)31-24(28(34)35)13-18-1-8-23(9-2-18)37-17-19-11-12-36-16-19/h1-12,14-16,24H,13,17H2,(H,31,33)(H,34,35)/t24-/m0/s1. The minimum Gasteiger partial charge on any atom is -0.489 e. The molecule has 0 bridgehead atoms. The first-order chi connectivity index (χ1) is 17.9. The Morgan fingerprint density at radius 3 is 2.43 bits per heavy atom. The number of nitrogens with one attached hydrogen (secondary N) is 1. The van der Waals surface area contributed by atoms with Gasteiger partial charge in [-0.2, -0.15) is 0 Å². The number of hydrogen-bond acceptors (Lipinski definition) is 5. The number of amides is 1. The number of carboxylic acids is 1. The van der Waals surface area contributed by atoms with Gasteiger partial charge in [-0.05, 0) is 59.2 Å². The van der Waals surface area contributed by atoms with E-state index in [9.17, 15) is 14.7 Å². The monoisotopic (exact) mass is 515 g/mol. The lowest BCUT2D eigenvalue weighted by atomic mass is 10.1. The average Bonchev–Trinajstić information content (AvgIpc) is 3.58. The molecule has 9 heteroatoms. The number of aliphatic carboxylic acids is 1. The first kappa shape index (κ1) is 24.1. The van der Waals surface area contributed by atoms with Gasteiger partial charge in [0, 0.05) is 29.4 Å². The van der Waals surface area contributed by atoms with Crippen molar-refractivity contribution in [1.82, 2.24) is 14.7 Å². The number of ether oxygens (including phenoxy) is 1. The van der Waals surface area contributed by atoms with E-state index in [0.29, 0.717) is 23.0 Å². The van der Waals surface area contributed by atoms with Crippen LogP contribution < -0.4 is 10.1 Å². The van der Waals surface area contributed by atoms with Crippen LogP contribution in [0.25, 0.3) is 16.8 Å². The van der Waals surface area contributed by atoms with Crippen LogP contribution >= 0.6 is 11.6 Å². The molecule has 186 valence electrons. The number of carbonyl (C=O) groups is 2. The van der Waals surface area contributed by atoms with Crippen LogP contribution in [0.2, 0.25) is 5.02 Å². The highest BCUT2D eigenvalue weighted by molar-refractivity contribution is 6.30. The summed E-state index contributed by atoms with van der Waals surface area (Å²) in [7, 11) is 0. The van der Waals surface area contributed by atoms with Crippen molar-refractivity contribution in [3.63, 3.8) is 0 Å². The number of aromatic nitrogens is 2. The molecule has 0 spiro atoms. The molecule has 0 aliphatic heterocycles. The normalized spacial score (nSPS) is 11.8. The molecule has 0 unspecified atom stereocenters. The lowest BCUT2D eigenvalue weighted by Gasteiger charge is -2.14. The van der Waals surface area contributed by atoms with Crippen LogP contribution in [-0.2, 0) is 17.8 Å². The Kier molecular flexibility index (Phi) is 6.91. The van der Waals surface area contributed by atoms with Gasteiger partial charge in [-0.3, -0.25) is 4.79 Å². The molecule has 3 aromatic heterocycles. The van der Waals surface area contributed by atoms with E-state index in [1.165, 1.54) is 0 Å². The number of imidazole rings is 1. The molecule has 5 aromatic rings. The van der Waals surface area contributed by atoms with Gasteiger partial charge in [0.1, 0.15) is 29.7 Å². The largest absolute Gasteiger partial charge is 0.489 e. The molecule has 2 aromatic carbocycles. The van der Waals surface area contributed by atoms with Crippen LogP contribution in [0.4, 0.5) is 0 Å². The summed E-state index contributed by atoms with van der Waals surface area (Å²) in [5.74, 6) is -1.06. The number of benzene rings is 2. The molecule has 8 nitrogen and oxygen atoms in total. The van der Waals surface area contributed by atoms with Crippen LogP contribution in [0, 0.1) is 0 Å². The maximum Gasteiger partial charge on any atom is 0.326 e. The summed E-state index contributed by atoms with van der Waals surface area (Å²) in [5.41, 5.74) is 4.24. The molecule has 0 saturated carbocycles. The fourth-order valence-corrected chi connectivity index (χ4v) is 3.97. The van der Waals surface area contributed by atoms with Crippen LogP contribution in [0.1, 0.15) is 21.6 Å². The van der Waals surface area contributed by atoms with E-state index in [2.05, 4.69) is 10.3 Å². The maximum atomic E-state index is 12.9. The maximum absolute atomic E-state index is 12.9. The lowest BCUT2D eigenvalue weighted by Crippen LogP contribution is -2.42. The van der Waals surface area contributed by atoms with Crippen molar-refractivity contribution < 1.29 is 23.8 Å². The van der Waals surface area contributed by atoms with Crippen molar-refractivity contribution in [2.45, 2.75) is 19.1 Å². The molecule has 3 heterocycles. The van der Waals surface area contributed by atoms with Crippen molar-refractivity contribution in [2.24, 2.45) is 0 Å². The quantitative estimate of drug-likeness (QED) is 0.277. The van der Waals surface area contributed by atoms with Gasteiger partial charge in [0.25, 0.3) is 5.91 Å². The van der Waals surface area contributed by atoms with Crippen molar-refractivity contribution in [2.75, 3.05) is 0 Å². The Hall–Kier alpha value is -4.56. The van der Waals surface area contributed by atoms with Crippen molar-refractivity contribution >= 4 is 29.1 Å². The highest BCUT2D eigenvalue weighted by atomic mass is 35.5. The first-order valence-electron chi connectivity index (χ1n) is 11.5. The molecule has 0 aliphatic rings. The van der Waals surface area contributed by atoms with Crippen LogP contribution in [0.3, 0.4) is 0 Å². The summed E-state index contributed by atoms with van der Waals surface area (Å²) in [6.07, 6.45) is 6.72. The summed E-state index contributed by atoms with van der Waals surface area (Å²) in [6, 6.07) is 18.9. The minimum atomic E-state index is -1.14. The van der Waals surface area contributed by atoms with Gasteiger partial charge in [-0.15, -0.1) is 0 Å². The van der Waals surface area contributed by atoms with Gasteiger partial charge < -0.3 is 24.0 Å². The van der Waals surface area contributed by atoms with Crippen molar-refractivity contribution in [3.05, 3.63) is 113 Å². The molecule has 0 fully saturated rings. The summed E-state index contributed by atoms with van der Waals surface area (Å²) >= 11 is 5.97. The van der Waals surface area contributed by atoms with Gasteiger partial charge in [0.05, 0.1) is 12.5 Å². The number of rotatable bonds is 9. The van der Waals surface area contributed by atoms with Gasteiger partial charge >= 0.3 is 5.97 Å². The van der Waals surface area contributed by atoms with Crippen LogP contribution in [0.5, 0.6) is 5.75 Å². The second kappa shape index (κ2) is 10.6. The predicted octanol–water partition coefficient (Wildman–Crippen LogP) is 5.25. The Balaban J connectivity index is 1.25. The first-order valence-corrected chi connectivity index (χ1v) is 11.8. The molecule has 0 radical (unpaired) electrons. The highest BCUT2D eigenvalue weighted by Gasteiger charge is 2.23. The third-order valence-electron chi connectivity index (χ3n) is 5.81.